The quantitative estimate of drug-likeness (QED) is 0.669. The van der Waals surface area contributed by atoms with Gasteiger partial charge in [-0.1, -0.05) is 13.8 Å². The average Bonchev–Trinajstić information content (AvgIpc) is 2.59. The zero-order valence-corrected chi connectivity index (χ0v) is 11.3. The van der Waals surface area contributed by atoms with Gasteiger partial charge in [-0.3, -0.25) is 9.59 Å². The lowest BCUT2D eigenvalue weighted by Crippen LogP contribution is -2.13. The lowest BCUT2D eigenvalue weighted by atomic mass is 9.97. The van der Waals surface area contributed by atoms with Crippen LogP contribution >= 0.6 is 22.6 Å². The van der Waals surface area contributed by atoms with Crippen molar-refractivity contribution < 1.29 is 9.59 Å². The summed E-state index contributed by atoms with van der Waals surface area (Å²) in [5.74, 6) is 0.0712. The Labute approximate surface area is 108 Å². The minimum Gasteiger partial charge on any atom is -0.348 e. The molecule has 0 unspecified atom stereocenters. The first kappa shape index (κ1) is 11.6. The minimum atomic E-state index is -0.0389. The highest BCUT2D eigenvalue weighted by Crippen LogP contribution is 2.25. The van der Waals surface area contributed by atoms with Gasteiger partial charge in [-0.2, -0.15) is 0 Å². The fraction of sp³-hybridized carbons (Fsp3) is 0.333. The summed E-state index contributed by atoms with van der Waals surface area (Å²) in [6.07, 6.45) is 0. The molecule has 0 aliphatic carbocycles. The van der Waals surface area contributed by atoms with Gasteiger partial charge in [0.25, 0.3) is 5.91 Å². The van der Waals surface area contributed by atoms with E-state index in [1.165, 1.54) is 0 Å². The molecule has 84 valence electrons. The topological polar surface area (TPSA) is 46.2 Å². The summed E-state index contributed by atoms with van der Waals surface area (Å²) < 4.78 is 0.856. The standard InChI is InChI=1S/C12H12INO2/c1-6(2)11(15)7-3-8-5-14-12(16)10(8)9(13)4-7/h3-4,6H,5H2,1-2H3,(H,14,16). The maximum Gasteiger partial charge on any atom is 0.252 e. The predicted octanol–water partition coefficient (Wildman–Crippen LogP) is 2.37. The number of fused-ring (bicyclic) bond motifs is 1. The van der Waals surface area contributed by atoms with Gasteiger partial charge in [-0.05, 0) is 40.3 Å². The van der Waals surface area contributed by atoms with E-state index in [1.54, 1.807) is 6.07 Å². The molecule has 1 aliphatic rings. The SMILES string of the molecule is CC(C)C(=O)c1cc(I)c2c(c1)CNC2=O. The largest absolute Gasteiger partial charge is 0.348 e. The van der Waals surface area contributed by atoms with Crippen LogP contribution in [0.5, 0.6) is 0 Å². The van der Waals surface area contributed by atoms with Crippen molar-refractivity contribution in [2.45, 2.75) is 20.4 Å². The van der Waals surface area contributed by atoms with Crippen molar-refractivity contribution in [3.05, 3.63) is 32.4 Å². The van der Waals surface area contributed by atoms with Crippen LogP contribution in [0.2, 0.25) is 0 Å². The van der Waals surface area contributed by atoms with Gasteiger partial charge in [0.2, 0.25) is 0 Å². The van der Waals surface area contributed by atoms with E-state index in [-0.39, 0.29) is 17.6 Å². The summed E-state index contributed by atoms with van der Waals surface area (Å²) in [7, 11) is 0. The molecule has 0 saturated carbocycles. The number of halogens is 1. The van der Waals surface area contributed by atoms with Crippen molar-refractivity contribution in [3.8, 4) is 0 Å². The van der Waals surface area contributed by atoms with Crippen molar-refractivity contribution in [1.82, 2.24) is 5.32 Å². The van der Waals surface area contributed by atoms with Crippen molar-refractivity contribution in [1.29, 1.82) is 0 Å². The second-order valence-electron chi connectivity index (χ2n) is 4.19. The number of carbonyl (C=O) groups is 2. The van der Waals surface area contributed by atoms with Crippen molar-refractivity contribution in [2.75, 3.05) is 0 Å². The van der Waals surface area contributed by atoms with Crippen molar-refractivity contribution in [2.24, 2.45) is 5.92 Å². The molecule has 1 aliphatic heterocycles. The van der Waals surface area contributed by atoms with Gasteiger partial charge in [0.15, 0.2) is 5.78 Å². The van der Waals surface area contributed by atoms with E-state index >= 15 is 0 Å². The van der Waals surface area contributed by atoms with Crippen LogP contribution in [-0.4, -0.2) is 11.7 Å². The first-order valence-corrected chi connectivity index (χ1v) is 6.23. The summed E-state index contributed by atoms with van der Waals surface area (Å²) in [6.45, 7) is 4.29. The van der Waals surface area contributed by atoms with E-state index in [9.17, 15) is 9.59 Å². The third-order valence-electron chi connectivity index (χ3n) is 2.65. The number of nitrogens with one attached hydrogen (secondary N) is 1. The Morgan fingerprint density at radius 3 is 2.75 bits per heavy atom. The maximum absolute atomic E-state index is 11.9. The molecule has 16 heavy (non-hydrogen) atoms. The van der Waals surface area contributed by atoms with Crippen LogP contribution in [0.25, 0.3) is 0 Å². The number of hydrogen-bond acceptors (Lipinski definition) is 2. The molecule has 0 bridgehead atoms. The highest BCUT2D eigenvalue weighted by molar-refractivity contribution is 14.1. The molecule has 1 N–H and O–H groups in total. The monoisotopic (exact) mass is 329 g/mol. The Bertz CT molecular complexity index is 480. The van der Waals surface area contributed by atoms with Gasteiger partial charge in [0.05, 0.1) is 5.56 Å². The van der Waals surface area contributed by atoms with Crippen LogP contribution in [0.3, 0.4) is 0 Å². The number of Topliss-reactive ketones (excluding diaryl/α,β-unsaturated/α-hetero) is 1. The number of carbonyl (C=O) groups excluding carboxylic acids is 2. The molecule has 1 aromatic carbocycles. The summed E-state index contributed by atoms with van der Waals surface area (Å²) in [5, 5.41) is 2.77. The Balaban J connectivity index is 2.50. The summed E-state index contributed by atoms with van der Waals surface area (Å²) >= 11 is 2.11. The molecular weight excluding hydrogens is 317 g/mol. The zero-order valence-electron chi connectivity index (χ0n) is 9.13. The van der Waals surface area contributed by atoms with Crippen molar-refractivity contribution in [3.63, 3.8) is 0 Å². The minimum absolute atomic E-state index is 0.0149. The smallest absolute Gasteiger partial charge is 0.252 e. The maximum atomic E-state index is 11.9. The Kier molecular flexibility index (Phi) is 3.01. The molecule has 0 saturated heterocycles. The first-order valence-electron chi connectivity index (χ1n) is 5.15. The number of ketones is 1. The molecule has 1 heterocycles. The molecule has 0 fully saturated rings. The molecule has 0 spiro atoms. The molecule has 4 heteroatoms. The highest BCUT2D eigenvalue weighted by atomic mass is 127. The van der Waals surface area contributed by atoms with E-state index in [0.29, 0.717) is 12.1 Å². The Morgan fingerprint density at radius 1 is 1.44 bits per heavy atom. The van der Waals surface area contributed by atoms with Gasteiger partial charge in [0, 0.05) is 21.6 Å². The summed E-state index contributed by atoms with van der Waals surface area (Å²) in [6, 6.07) is 3.63. The van der Waals surface area contributed by atoms with Gasteiger partial charge < -0.3 is 5.32 Å². The number of benzene rings is 1. The highest BCUT2D eigenvalue weighted by Gasteiger charge is 2.24. The molecule has 0 aromatic heterocycles. The third kappa shape index (κ3) is 1.86. The van der Waals surface area contributed by atoms with Crippen LogP contribution in [-0.2, 0) is 6.54 Å². The van der Waals surface area contributed by atoms with Gasteiger partial charge >= 0.3 is 0 Å². The van der Waals surface area contributed by atoms with Crippen LogP contribution in [0.15, 0.2) is 12.1 Å². The predicted molar refractivity (Wildman–Crippen MR) is 69.5 cm³/mol. The fourth-order valence-electron chi connectivity index (χ4n) is 1.80. The lowest BCUT2D eigenvalue weighted by Gasteiger charge is -2.07. The van der Waals surface area contributed by atoms with Gasteiger partial charge in [0.1, 0.15) is 0 Å². The normalized spacial score (nSPS) is 13.9. The molecule has 3 nitrogen and oxygen atoms in total. The van der Waals surface area contributed by atoms with Crippen LogP contribution < -0.4 is 5.32 Å². The zero-order chi connectivity index (χ0) is 11.9. The average molecular weight is 329 g/mol. The molecule has 1 amide bonds. The summed E-state index contributed by atoms with van der Waals surface area (Å²) in [5.41, 5.74) is 2.36. The Hall–Kier alpha value is -0.910. The van der Waals surface area contributed by atoms with Crippen LogP contribution in [0, 0.1) is 9.49 Å². The van der Waals surface area contributed by atoms with Gasteiger partial charge in [-0.15, -0.1) is 0 Å². The van der Waals surface area contributed by atoms with Crippen LogP contribution in [0.1, 0.15) is 40.1 Å². The second kappa shape index (κ2) is 4.16. The molecule has 0 atom stereocenters. The number of amides is 1. The lowest BCUT2D eigenvalue weighted by molar-refractivity contribution is 0.0936. The van der Waals surface area contributed by atoms with Crippen LogP contribution in [0.4, 0.5) is 0 Å². The van der Waals surface area contributed by atoms with E-state index in [1.807, 2.05) is 19.9 Å². The first-order chi connectivity index (χ1) is 7.50. The Morgan fingerprint density at radius 2 is 2.12 bits per heavy atom. The molecular formula is C12H12INO2. The van der Waals surface area contributed by atoms with Gasteiger partial charge in [-0.25, -0.2) is 0 Å². The number of rotatable bonds is 2. The molecule has 1 aromatic rings. The van der Waals surface area contributed by atoms with E-state index < -0.39 is 0 Å². The fourth-order valence-corrected chi connectivity index (χ4v) is 2.72. The van der Waals surface area contributed by atoms with E-state index in [4.69, 9.17) is 0 Å². The van der Waals surface area contributed by atoms with E-state index in [2.05, 4.69) is 27.9 Å². The number of hydrogen-bond donors (Lipinski definition) is 1. The van der Waals surface area contributed by atoms with E-state index in [0.717, 1.165) is 14.7 Å². The summed E-state index contributed by atoms with van der Waals surface area (Å²) in [4.78, 5) is 23.4. The molecule has 2 rings (SSSR count). The molecule has 0 radical (unpaired) electrons. The second-order valence-corrected chi connectivity index (χ2v) is 5.36. The van der Waals surface area contributed by atoms with Crippen molar-refractivity contribution >= 4 is 34.3 Å². The third-order valence-corrected chi connectivity index (χ3v) is 3.50.